The van der Waals surface area contributed by atoms with Crippen molar-refractivity contribution in [3.8, 4) is 17.1 Å². The second-order valence-electron chi connectivity index (χ2n) is 3.56. The van der Waals surface area contributed by atoms with E-state index in [1.807, 2.05) is 24.3 Å². The molecule has 0 aliphatic heterocycles. The fraction of sp³-hybridized carbons (Fsp3) is 0.0833. The first-order chi connectivity index (χ1) is 8.38. The van der Waals surface area contributed by atoms with Gasteiger partial charge in [-0.15, -0.1) is 0 Å². The Morgan fingerprint density at radius 2 is 2.12 bits per heavy atom. The second kappa shape index (κ2) is 3.86. The van der Waals surface area contributed by atoms with Crippen molar-refractivity contribution in [2.75, 3.05) is 7.11 Å². The van der Waals surface area contributed by atoms with Crippen LogP contribution in [0.1, 0.15) is 0 Å². The summed E-state index contributed by atoms with van der Waals surface area (Å²) >= 11 is 0. The van der Waals surface area contributed by atoms with Crippen LogP contribution in [0.5, 0.6) is 5.88 Å². The number of rotatable bonds is 2. The van der Waals surface area contributed by atoms with Gasteiger partial charge < -0.3 is 4.74 Å². The smallest absolute Gasteiger partial charge is 0.213 e. The molecule has 0 saturated heterocycles. The highest BCUT2D eigenvalue weighted by atomic mass is 16.5. The summed E-state index contributed by atoms with van der Waals surface area (Å²) in [5.41, 5.74) is 3.50. The SMILES string of the molecule is COc1cc(-c2n[nH]c3cccnc23)ccn1. The second-order valence-corrected chi connectivity index (χ2v) is 3.56. The largest absolute Gasteiger partial charge is 0.481 e. The van der Waals surface area contributed by atoms with E-state index < -0.39 is 0 Å². The number of hydrogen-bond donors (Lipinski definition) is 1. The Morgan fingerprint density at radius 1 is 1.18 bits per heavy atom. The number of nitrogens with zero attached hydrogens (tertiary/aromatic N) is 3. The summed E-state index contributed by atoms with van der Waals surface area (Å²) in [6, 6.07) is 7.53. The third-order valence-electron chi connectivity index (χ3n) is 2.54. The summed E-state index contributed by atoms with van der Waals surface area (Å²) in [5, 5.41) is 7.22. The summed E-state index contributed by atoms with van der Waals surface area (Å²) in [6.07, 6.45) is 3.44. The standard InChI is InChI=1S/C12H10N4O/c1-17-10-7-8(4-6-13-10)11-12-9(15-16-11)3-2-5-14-12/h2-7H,1H3,(H,15,16). The van der Waals surface area contributed by atoms with Gasteiger partial charge in [0.1, 0.15) is 11.2 Å². The minimum Gasteiger partial charge on any atom is -0.481 e. The number of fused-ring (bicyclic) bond motifs is 1. The van der Waals surface area contributed by atoms with Crippen molar-refractivity contribution < 1.29 is 4.74 Å². The number of H-pyrrole nitrogens is 1. The topological polar surface area (TPSA) is 63.7 Å². The maximum Gasteiger partial charge on any atom is 0.213 e. The third-order valence-corrected chi connectivity index (χ3v) is 2.54. The lowest BCUT2D eigenvalue weighted by Crippen LogP contribution is -1.88. The molecule has 3 aromatic heterocycles. The van der Waals surface area contributed by atoms with Crippen LogP contribution in [0.25, 0.3) is 22.3 Å². The number of hydrogen-bond acceptors (Lipinski definition) is 4. The van der Waals surface area contributed by atoms with Crippen LogP contribution in [-0.2, 0) is 0 Å². The normalized spacial score (nSPS) is 10.6. The molecule has 3 rings (SSSR count). The maximum atomic E-state index is 5.10. The first kappa shape index (κ1) is 9.77. The molecule has 0 aliphatic rings. The molecule has 1 N–H and O–H groups in total. The van der Waals surface area contributed by atoms with E-state index in [1.54, 1.807) is 19.5 Å². The predicted octanol–water partition coefficient (Wildman–Crippen LogP) is 2.03. The molecule has 0 radical (unpaired) electrons. The summed E-state index contributed by atoms with van der Waals surface area (Å²) in [5.74, 6) is 0.564. The van der Waals surface area contributed by atoms with Crippen molar-refractivity contribution in [2.45, 2.75) is 0 Å². The lowest BCUT2D eigenvalue weighted by molar-refractivity contribution is 0.398. The summed E-state index contributed by atoms with van der Waals surface area (Å²) in [6.45, 7) is 0. The molecule has 0 aromatic carbocycles. The molecule has 5 nitrogen and oxygen atoms in total. The molecule has 0 aliphatic carbocycles. The number of aromatic amines is 1. The molecule has 17 heavy (non-hydrogen) atoms. The molecule has 0 saturated carbocycles. The van der Waals surface area contributed by atoms with Gasteiger partial charge >= 0.3 is 0 Å². The van der Waals surface area contributed by atoms with E-state index in [2.05, 4.69) is 20.2 Å². The van der Waals surface area contributed by atoms with Crippen molar-refractivity contribution in [2.24, 2.45) is 0 Å². The Balaban J connectivity index is 2.20. The average Bonchev–Trinajstić information content (AvgIpc) is 2.82. The molecule has 3 heterocycles. The van der Waals surface area contributed by atoms with Gasteiger partial charge in [0.05, 0.1) is 12.6 Å². The lowest BCUT2D eigenvalue weighted by Gasteiger charge is -2.00. The zero-order chi connectivity index (χ0) is 11.7. The molecule has 0 spiro atoms. The highest BCUT2D eigenvalue weighted by molar-refractivity contribution is 5.89. The average molecular weight is 226 g/mol. The summed E-state index contributed by atoms with van der Waals surface area (Å²) in [7, 11) is 1.59. The highest BCUT2D eigenvalue weighted by Gasteiger charge is 2.09. The Hall–Kier alpha value is -2.43. The number of nitrogens with one attached hydrogen (secondary N) is 1. The van der Waals surface area contributed by atoms with Crippen molar-refractivity contribution in [1.82, 2.24) is 20.2 Å². The summed E-state index contributed by atoms with van der Waals surface area (Å²) in [4.78, 5) is 8.39. The fourth-order valence-corrected chi connectivity index (χ4v) is 1.72. The van der Waals surface area contributed by atoms with E-state index in [-0.39, 0.29) is 0 Å². The van der Waals surface area contributed by atoms with Crippen LogP contribution in [0, 0.1) is 0 Å². The van der Waals surface area contributed by atoms with E-state index in [0.717, 1.165) is 22.3 Å². The van der Waals surface area contributed by atoms with Crippen LogP contribution < -0.4 is 4.74 Å². The number of ether oxygens (including phenoxy) is 1. The van der Waals surface area contributed by atoms with Crippen LogP contribution in [0.4, 0.5) is 0 Å². The van der Waals surface area contributed by atoms with Crippen molar-refractivity contribution in [3.05, 3.63) is 36.7 Å². The van der Waals surface area contributed by atoms with Crippen LogP contribution in [0.2, 0.25) is 0 Å². The van der Waals surface area contributed by atoms with Crippen LogP contribution in [-0.4, -0.2) is 27.3 Å². The number of methoxy groups -OCH3 is 1. The molecular weight excluding hydrogens is 216 g/mol. The van der Waals surface area contributed by atoms with Gasteiger partial charge in [-0.25, -0.2) is 4.98 Å². The van der Waals surface area contributed by atoms with Crippen LogP contribution >= 0.6 is 0 Å². The minimum absolute atomic E-state index is 0.564. The molecule has 3 aromatic rings. The highest BCUT2D eigenvalue weighted by Crippen LogP contribution is 2.25. The molecule has 0 bridgehead atoms. The molecule has 5 heteroatoms. The lowest BCUT2D eigenvalue weighted by atomic mass is 10.1. The minimum atomic E-state index is 0.564. The zero-order valence-corrected chi connectivity index (χ0v) is 9.21. The maximum absolute atomic E-state index is 5.10. The molecule has 84 valence electrons. The van der Waals surface area contributed by atoms with Gasteiger partial charge in [0.2, 0.25) is 5.88 Å². The molecule has 0 atom stereocenters. The van der Waals surface area contributed by atoms with Crippen molar-refractivity contribution >= 4 is 11.0 Å². The van der Waals surface area contributed by atoms with E-state index in [4.69, 9.17) is 4.74 Å². The monoisotopic (exact) mass is 226 g/mol. The van der Waals surface area contributed by atoms with Gasteiger partial charge in [-0.05, 0) is 18.2 Å². The quantitative estimate of drug-likeness (QED) is 0.726. The number of pyridine rings is 2. The van der Waals surface area contributed by atoms with Crippen LogP contribution in [0.3, 0.4) is 0 Å². The van der Waals surface area contributed by atoms with Gasteiger partial charge in [0, 0.05) is 24.0 Å². The molecule has 0 amide bonds. The van der Waals surface area contributed by atoms with Crippen molar-refractivity contribution in [3.63, 3.8) is 0 Å². The van der Waals surface area contributed by atoms with Gasteiger partial charge in [-0.3, -0.25) is 10.1 Å². The first-order valence-electron chi connectivity index (χ1n) is 5.18. The van der Waals surface area contributed by atoms with Crippen molar-refractivity contribution in [1.29, 1.82) is 0 Å². The van der Waals surface area contributed by atoms with E-state index in [0.29, 0.717) is 5.88 Å². The van der Waals surface area contributed by atoms with Gasteiger partial charge in [0.25, 0.3) is 0 Å². The number of aromatic nitrogens is 4. The summed E-state index contributed by atoms with van der Waals surface area (Å²) < 4.78 is 5.10. The van der Waals surface area contributed by atoms with E-state index >= 15 is 0 Å². The van der Waals surface area contributed by atoms with E-state index in [1.165, 1.54) is 0 Å². The first-order valence-corrected chi connectivity index (χ1v) is 5.18. The zero-order valence-electron chi connectivity index (χ0n) is 9.21. The molecule has 0 unspecified atom stereocenters. The predicted molar refractivity (Wildman–Crippen MR) is 63.7 cm³/mol. The Morgan fingerprint density at radius 3 is 3.00 bits per heavy atom. The van der Waals surface area contributed by atoms with Gasteiger partial charge in [-0.2, -0.15) is 5.10 Å². The van der Waals surface area contributed by atoms with Gasteiger partial charge in [0.15, 0.2) is 0 Å². The Bertz CT molecular complexity index is 662. The Kier molecular flexibility index (Phi) is 2.22. The fourth-order valence-electron chi connectivity index (χ4n) is 1.72. The van der Waals surface area contributed by atoms with Gasteiger partial charge in [-0.1, -0.05) is 0 Å². The molecular formula is C12H10N4O. The van der Waals surface area contributed by atoms with E-state index in [9.17, 15) is 0 Å². The van der Waals surface area contributed by atoms with Crippen LogP contribution in [0.15, 0.2) is 36.7 Å². The Labute approximate surface area is 97.5 Å². The molecule has 0 fully saturated rings. The third kappa shape index (κ3) is 1.61.